The van der Waals surface area contributed by atoms with Crippen LogP contribution in [-0.4, -0.2) is 74.5 Å². The van der Waals surface area contributed by atoms with E-state index in [1.807, 2.05) is 4.90 Å². The molecule has 0 atom stereocenters. The summed E-state index contributed by atoms with van der Waals surface area (Å²) >= 11 is 0. The largest absolute Gasteiger partial charge is 0.352 e. The molecule has 2 heterocycles. The number of anilines is 1. The minimum Gasteiger partial charge on any atom is -0.352 e. The Morgan fingerprint density at radius 3 is 2.61 bits per heavy atom. The van der Waals surface area contributed by atoms with E-state index in [1.54, 1.807) is 23.2 Å². The third-order valence-electron chi connectivity index (χ3n) is 3.76. The average molecular weight is 337 g/mol. The first-order chi connectivity index (χ1) is 10.8. The molecule has 1 amide bonds. The lowest BCUT2D eigenvalue weighted by molar-refractivity contribution is -0.131. The Hall–Kier alpha value is -2.18. The summed E-state index contributed by atoms with van der Waals surface area (Å²) in [4.78, 5) is 20.0. The number of nitrogens with zero attached hydrogens (tertiary/aromatic N) is 5. The Bertz CT molecular complexity index is 720. The molecule has 0 radical (unpaired) electrons. The predicted molar refractivity (Wildman–Crippen MR) is 85.2 cm³/mol. The highest BCUT2D eigenvalue weighted by molar-refractivity contribution is 7.88. The number of carbonyl (C=O) groups is 1. The molecule has 23 heavy (non-hydrogen) atoms. The molecule has 8 nitrogen and oxygen atoms in total. The molecule has 1 fully saturated rings. The Morgan fingerprint density at radius 1 is 1.39 bits per heavy atom. The number of hydrogen-bond donors (Lipinski definition) is 0. The summed E-state index contributed by atoms with van der Waals surface area (Å²) in [5, 5.41) is 9.12. The molecular weight excluding hydrogens is 318 g/mol. The van der Waals surface area contributed by atoms with E-state index in [2.05, 4.69) is 11.1 Å². The number of carbonyl (C=O) groups excluding carboxylic acids is 1. The number of sulfonamides is 1. The number of hydrogen-bond acceptors (Lipinski definition) is 6. The van der Waals surface area contributed by atoms with Crippen molar-refractivity contribution in [3.05, 3.63) is 23.9 Å². The van der Waals surface area contributed by atoms with Crippen LogP contribution in [0, 0.1) is 11.3 Å². The molecule has 9 heteroatoms. The molecule has 0 aliphatic carbocycles. The monoisotopic (exact) mass is 337 g/mol. The van der Waals surface area contributed by atoms with Crippen molar-refractivity contribution < 1.29 is 13.2 Å². The van der Waals surface area contributed by atoms with Crippen LogP contribution in [0.3, 0.4) is 0 Å². The summed E-state index contributed by atoms with van der Waals surface area (Å²) in [6, 6.07) is 5.53. The van der Waals surface area contributed by atoms with Gasteiger partial charge in [-0.15, -0.1) is 0 Å². The molecule has 0 unspecified atom stereocenters. The van der Waals surface area contributed by atoms with Gasteiger partial charge in [0.25, 0.3) is 0 Å². The minimum absolute atomic E-state index is 0.161. The van der Waals surface area contributed by atoms with Gasteiger partial charge < -0.3 is 9.80 Å². The first-order valence-corrected chi connectivity index (χ1v) is 8.97. The normalized spacial score (nSPS) is 15.6. The molecule has 1 aliphatic heterocycles. The highest BCUT2D eigenvalue weighted by atomic mass is 32.2. The molecule has 1 aromatic heterocycles. The van der Waals surface area contributed by atoms with Crippen molar-refractivity contribution in [3.8, 4) is 6.07 Å². The van der Waals surface area contributed by atoms with E-state index in [-0.39, 0.29) is 12.5 Å². The first-order valence-electron chi connectivity index (χ1n) is 7.12. The second kappa shape index (κ2) is 6.93. The number of likely N-dealkylation sites (N-methyl/N-ethyl adjacent to an activating group) is 1. The summed E-state index contributed by atoms with van der Waals surface area (Å²) in [5.74, 6) is 0.398. The molecule has 0 spiro atoms. The highest BCUT2D eigenvalue weighted by Gasteiger charge is 2.25. The second-order valence-corrected chi connectivity index (χ2v) is 7.46. The zero-order chi connectivity index (χ0) is 17.0. The molecule has 0 N–H and O–H groups in total. The maximum absolute atomic E-state index is 12.2. The van der Waals surface area contributed by atoms with E-state index >= 15 is 0 Å². The van der Waals surface area contributed by atoms with Gasteiger partial charge in [0.2, 0.25) is 15.9 Å². The lowest BCUT2D eigenvalue weighted by Crippen LogP contribution is -2.51. The van der Waals surface area contributed by atoms with Crippen LogP contribution in [0.2, 0.25) is 0 Å². The molecule has 0 saturated carbocycles. The fourth-order valence-electron chi connectivity index (χ4n) is 2.31. The van der Waals surface area contributed by atoms with Crippen LogP contribution >= 0.6 is 0 Å². The van der Waals surface area contributed by atoms with Crippen LogP contribution in [-0.2, 0) is 14.8 Å². The van der Waals surface area contributed by atoms with Crippen molar-refractivity contribution in [2.45, 2.75) is 0 Å². The molecule has 0 bridgehead atoms. The highest BCUT2D eigenvalue weighted by Crippen LogP contribution is 2.18. The Labute approximate surface area is 136 Å². The van der Waals surface area contributed by atoms with Gasteiger partial charge in [-0.3, -0.25) is 4.79 Å². The third-order valence-corrected chi connectivity index (χ3v) is 5.02. The van der Waals surface area contributed by atoms with Gasteiger partial charge in [0.15, 0.2) is 0 Å². The summed E-state index contributed by atoms with van der Waals surface area (Å²) in [7, 11) is -1.98. The topological polar surface area (TPSA) is 97.6 Å². The van der Waals surface area contributed by atoms with Gasteiger partial charge in [0.05, 0.1) is 18.4 Å². The number of amides is 1. The number of rotatable bonds is 4. The van der Waals surface area contributed by atoms with Crippen LogP contribution in [0.4, 0.5) is 5.82 Å². The number of aromatic nitrogens is 1. The van der Waals surface area contributed by atoms with Crippen LogP contribution in [0.5, 0.6) is 0 Å². The van der Waals surface area contributed by atoms with Crippen LogP contribution in [0.15, 0.2) is 18.3 Å². The average Bonchev–Trinajstić information content (AvgIpc) is 2.54. The van der Waals surface area contributed by atoms with Gasteiger partial charge in [0, 0.05) is 39.4 Å². The molecule has 1 saturated heterocycles. The van der Waals surface area contributed by atoms with E-state index in [4.69, 9.17) is 5.26 Å². The van der Waals surface area contributed by atoms with Gasteiger partial charge >= 0.3 is 0 Å². The number of nitriles is 1. The lowest BCUT2D eigenvalue weighted by atomic mass is 10.2. The zero-order valence-electron chi connectivity index (χ0n) is 13.1. The van der Waals surface area contributed by atoms with Gasteiger partial charge in [-0.1, -0.05) is 0 Å². The molecule has 1 aromatic rings. The number of piperazine rings is 1. The predicted octanol–water partition coefficient (Wildman–Crippen LogP) is -0.507. The third kappa shape index (κ3) is 4.18. The summed E-state index contributed by atoms with van der Waals surface area (Å²) in [6.07, 6.45) is 2.71. The molecule has 124 valence electrons. The standard InChI is InChI=1S/C14H19N5O3S/c1-17(23(2,21)22)11-13(20)18-6-8-19(9-7-18)14-12(10-15)4-3-5-16-14/h3-5H,6-9,11H2,1-2H3. The zero-order valence-corrected chi connectivity index (χ0v) is 14.0. The van der Waals surface area contributed by atoms with Crippen molar-refractivity contribution >= 4 is 21.7 Å². The lowest BCUT2D eigenvalue weighted by Gasteiger charge is -2.36. The van der Waals surface area contributed by atoms with E-state index in [0.29, 0.717) is 37.6 Å². The molecular formula is C14H19N5O3S. The van der Waals surface area contributed by atoms with Crippen molar-refractivity contribution in [1.82, 2.24) is 14.2 Å². The molecule has 1 aliphatic rings. The molecule has 2 rings (SSSR count). The second-order valence-electron chi connectivity index (χ2n) is 5.37. The smallest absolute Gasteiger partial charge is 0.238 e. The van der Waals surface area contributed by atoms with E-state index in [0.717, 1.165) is 10.6 Å². The van der Waals surface area contributed by atoms with E-state index in [1.165, 1.54) is 7.05 Å². The van der Waals surface area contributed by atoms with Crippen LogP contribution in [0.1, 0.15) is 5.56 Å². The Balaban J connectivity index is 1.96. The van der Waals surface area contributed by atoms with Crippen molar-refractivity contribution in [2.75, 3.05) is 50.9 Å². The van der Waals surface area contributed by atoms with Gasteiger partial charge in [-0.2, -0.15) is 9.57 Å². The van der Waals surface area contributed by atoms with Gasteiger partial charge in [-0.05, 0) is 12.1 Å². The number of pyridine rings is 1. The van der Waals surface area contributed by atoms with Crippen molar-refractivity contribution in [1.29, 1.82) is 5.26 Å². The maximum Gasteiger partial charge on any atom is 0.238 e. The Kier molecular flexibility index (Phi) is 5.18. The van der Waals surface area contributed by atoms with Crippen molar-refractivity contribution in [3.63, 3.8) is 0 Å². The van der Waals surface area contributed by atoms with Gasteiger partial charge in [-0.25, -0.2) is 13.4 Å². The summed E-state index contributed by atoms with van der Waals surface area (Å²) < 4.78 is 23.8. The SMILES string of the molecule is CN(CC(=O)N1CCN(c2ncccc2C#N)CC1)S(C)(=O)=O. The quantitative estimate of drug-likeness (QED) is 0.734. The minimum atomic E-state index is -3.37. The fraction of sp³-hybridized carbons (Fsp3) is 0.500. The maximum atomic E-state index is 12.2. The van der Waals surface area contributed by atoms with E-state index in [9.17, 15) is 13.2 Å². The summed E-state index contributed by atoms with van der Waals surface area (Å²) in [6.45, 7) is 1.89. The fourth-order valence-corrected chi connectivity index (χ4v) is 2.66. The van der Waals surface area contributed by atoms with Crippen LogP contribution < -0.4 is 4.90 Å². The van der Waals surface area contributed by atoms with Crippen molar-refractivity contribution in [2.24, 2.45) is 0 Å². The molecule has 0 aromatic carbocycles. The van der Waals surface area contributed by atoms with Crippen LogP contribution in [0.25, 0.3) is 0 Å². The van der Waals surface area contributed by atoms with Gasteiger partial charge in [0.1, 0.15) is 11.9 Å². The van der Waals surface area contributed by atoms with E-state index < -0.39 is 10.0 Å². The first kappa shape index (κ1) is 17.2. The Morgan fingerprint density at radius 2 is 2.04 bits per heavy atom. The summed E-state index contributed by atoms with van der Waals surface area (Å²) in [5.41, 5.74) is 0.504.